The zero-order valence-corrected chi connectivity index (χ0v) is 16.0. The minimum absolute atomic E-state index is 0.0574. The number of nitrogens with zero attached hydrogens (tertiary/aromatic N) is 4. The first-order valence-electron chi connectivity index (χ1n) is 9.69. The first-order chi connectivity index (χ1) is 13.7. The Morgan fingerprint density at radius 2 is 2.04 bits per heavy atom. The van der Waals surface area contributed by atoms with Gasteiger partial charge < -0.3 is 19.7 Å². The molecule has 0 bridgehead atoms. The molecule has 8 heteroatoms. The lowest BCUT2D eigenvalue weighted by Crippen LogP contribution is -2.37. The highest BCUT2D eigenvalue weighted by atomic mass is 16.5. The van der Waals surface area contributed by atoms with Crippen molar-refractivity contribution in [2.75, 3.05) is 38.3 Å². The highest BCUT2D eigenvalue weighted by molar-refractivity contribution is 5.94. The van der Waals surface area contributed by atoms with Gasteiger partial charge in [-0.05, 0) is 31.4 Å². The van der Waals surface area contributed by atoms with Crippen LogP contribution in [0.3, 0.4) is 0 Å². The average Bonchev–Trinajstić information content (AvgIpc) is 3.23. The summed E-state index contributed by atoms with van der Waals surface area (Å²) in [6.07, 6.45) is 6.28. The highest BCUT2D eigenvalue weighted by Gasteiger charge is 2.27. The number of aromatic nitrogens is 3. The molecule has 1 amide bonds. The van der Waals surface area contributed by atoms with E-state index >= 15 is 0 Å². The van der Waals surface area contributed by atoms with Gasteiger partial charge in [-0.2, -0.15) is 0 Å². The first kappa shape index (κ1) is 18.6. The molecule has 1 unspecified atom stereocenters. The van der Waals surface area contributed by atoms with Crippen molar-refractivity contribution in [1.29, 1.82) is 0 Å². The van der Waals surface area contributed by atoms with E-state index in [1.165, 1.54) is 7.11 Å². The molecule has 148 valence electrons. The van der Waals surface area contributed by atoms with E-state index in [1.807, 2.05) is 12.3 Å². The molecule has 4 rings (SSSR count). The number of anilines is 1. The maximum absolute atomic E-state index is 12.5. The predicted molar refractivity (Wildman–Crippen MR) is 104 cm³/mol. The number of hydrogen-bond acceptors (Lipinski definition) is 7. The van der Waals surface area contributed by atoms with E-state index in [9.17, 15) is 4.79 Å². The zero-order chi connectivity index (χ0) is 19.3. The van der Waals surface area contributed by atoms with Crippen molar-refractivity contribution in [2.45, 2.75) is 31.2 Å². The van der Waals surface area contributed by atoms with E-state index in [4.69, 9.17) is 14.5 Å². The second-order valence-corrected chi connectivity index (χ2v) is 7.16. The Hall–Kier alpha value is -2.74. The van der Waals surface area contributed by atoms with Crippen LogP contribution in [-0.2, 0) is 4.74 Å². The van der Waals surface area contributed by atoms with E-state index < -0.39 is 0 Å². The quantitative estimate of drug-likeness (QED) is 0.842. The van der Waals surface area contributed by atoms with Crippen molar-refractivity contribution < 1.29 is 14.3 Å². The van der Waals surface area contributed by atoms with Crippen LogP contribution in [0.5, 0.6) is 5.88 Å². The minimum Gasteiger partial charge on any atom is -0.481 e. The van der Waals surface area contributed by atoms with Gasteiger partial charge in [-0.3, -0.25) is 4.79 Å². The lowest BCUT2D eigenvalue weighted by molar-refractivity contribution is 0.0845. The van der Waals surface area contributed by atoms with E-state index in [0.29, 0.717) is 23.9 Å². The molecule has 0 aromatic carbocycles. The molecule has 0 saturated carbocycles. The number of nitrogens with one attached hydrogen (secondary N) is 1. The topological polar surface area (TPSA) is 89.5 Å². The fraction of sp³-hybridized carbons (Fsp3) is 0.500. The van der Waals surface area contributed by atoms with Crippen molar-refractivity contribution in [2.24, 2.45) is 0 Å². The number of pyridine rings is 1. The van der Waals surface area contributed by atoms with Gasteiger partial charge >= 0.3 is 0 Å². The summed E-state index contributed by atoms with van der Waals surface area (Å²) in [7, 11) is 1.54. The zero-order valence-electron chi connectivity index (χ0n) is 16.0. The number of hydrogen-bond donors (Lipinski definition) is 1. The van der Waals surface area contributed by atoms with Gasteiger partial charge in [0, 0.05) is 68.0 Å². The normalized spacial score (nSPS) is 20.2. The summed E-state index contributed by atoms with van der Waals surface area (Å²) in [5.74, 6) is 1.49. The Labute approximate surface area is 164 Å². The van der Waals surface area contributed by atoms with E-state index in [0.717, 1.165) is 50.7 Å². The Kier molecular flexibility index (Phi) is 5.66. The van der Waals surface area contributed by atoms with Crippen LogP contribution in [0.25, 0.3) is 0 Å². The fourth-order valence-corrected chi connectivity index (χ4v) is 3.73. The van der Waals surface area contributed by atoms with Crippen LogP contribution >= 0.6 is 0 Å². The van der Waals surface area contributed by atoms with Crippen molar-refractivity contribution in [1.82, 2.24) is 20.3 Å². The van der Waals surface area contributed by atoms with Gasteiger partial charge in [-0.25, -0.2) is 15.0 Å². The van der Waals surface area contributed by atoms with Gasteiger partial charge in [0.1, 0.15) is 0 Å². The Morgan fingerprint density at radius 1 is 1.21 bits per heavy atom. The monoisotopic (exact) mass is 383 g/mol. The third kappa shape index (κ3) is 4.22. The van der Waals surface area contributed by atoms with Crippen LogP contribution in [-0.4, -0.2) is 60.3 Å². The number of ether oxygens (including phenoxy) is 2. The summed E-state index contributed by atoms with van der Waals surface area (Å²) in [5.41, 5.74) is 1.63. The summed E-state index contributed by atoms with van der Waals surface area (Å²) < 4.78 is 10.5. The average molecular weight is 383 g/mol. The summed E-state index contributed by atoms with van der Waals surface area (Å²) in [6, 6.07) is 5.39. The molecule has 28 heavy (non-hydrogen) atoms. The summed E-state index contributed by atoms with van der Waals surface area (Å²) in [6.45, 7) is 3.11. The smallest absolute Gasteiger partial charge is 0.251 e. The predicted octanol–water partition coefficient (Wildman–Crippen LogP) is 1.78. The molecular formula is C20H25N5O3. The van der Waals surface area contributed by atoms with Crippen LogP contribution in [0.2, 0.25) is 0 Å². The summed E-state index contributed by atoms with van der Waals surface area (Å²) >= 11 is 0. The van der Waals surface area contributed by atoms with Gasteiger partial charge in [0.05, 0.1) is 7.11 Å². The van der Waals surface area contributed by atoms with E-state index in [-0.39, 0.29) is 11.9 Å². The molecule has 2 saturated heterocycles. The fourth-order valence-electron chi connectivity index (χ4n) is 3.73. The lowest BCUT2D eigenvalue weighted by atomic mass is 9.96. The maximum atomic E-state index is 12.5. The van der Waals surface area contributed by atoms with Gasteiger partial charge in [-0.1, -0.05) is 0 Å². The maximum Gasteiger partial charge on any atom is 0.251 e. The van der Waals surface area contributed by atoms with Crippen molar-refractivity contribution in [3.05, 3.63) is 41.9 Å². The SMILES string of the molecule is COc1cc(C(=O)NC2CCN(c3nccc(C4CCOCC4)n3)C2)ccn1. The van der Waals surface area contributed by atoms with Gasteiger partial charge in [-0.15, -0.1) is 0 Å². The molecule has 2 aliphatic heterocycles. The van der Waals surface area contributed by atoms with Gasteiger partial charge in [0.15, 0.2) is 0 Å². The molecule has 0 spiro atoms. The molecule has 0 radical (unpaired) electrons. The highest BCUT2D eigenvalue weighted by Crippen LogP contribution is 2.26. The third-order valence-corrected chi connectivity index (χ3v) is 5.32. The molecule has 2 aromatic rings. The number of methoxy groups -OCH3 is 1. The third-order valence-electron chi connectivity index (χ3n) is 5.32. The molecule has 0 aliphatic carbocycles. The van der Waals surface area contributed by atoms with Crippen LogP contribution in [0, 0.1) is 0 Å². The minimum atomic E-state index is -0.121. The molecule has 2 aromatic heterocycles. The van der Waals surface area contributed by atoms with Crippen molar-refractivity contribution in [3.63, 3.8) is 0 Å². The van der Waals surface area contributed by atoms with Crippen molar-refractivity contribution in [3.8, 4) is 5.88 Å². The lowest BCUT2D eigenvalue weighted by Gasteiger charge is -2.23. The molecule has 2 fully saturated rings. The second kappa shape index (κ2) is 8.52. The first-order valence-corrected chi connectivity index (χ1v) is 9.69. The number of rotatable bonds is 5. The van der Waals surface area contributed by atoms with Gasteiger partial charge in [0.25, 0.3) is 5.91 Å². The molecule has 1 atom stereocenters. The summed E-state index contributed by atoms with van der Waals surface area (Å²) in [4.78, 5) is 27.9. The van der Waals surface area contributed by atoms with Gasteiger partial charge in [0.2, 0.25) is 11.8 Å². The number of carbonyl (C=O) groups is 1. The Morgan fingerprint density at radius 3 is 2.86 bits per heavy atom. The summed E-state index contributed by atoms with van der Waals surface area (Å²) in [5, 5.41) is 3.09. The molecule has 8 nitrogen and oxygen atoms in total. The Bertz CT molecular complexity index is 825. The number of carbonyl (C=O) groups excluding carboxylic acids is 1. The Balaban J connectivity index is 1.38. The molecule has 4 heterocycles. The standard InChI is InChI=1S/C20H25N5O3/c1-27-18-12-15(2-7-21-18)19(26)23-16-4-9-25(13-16)20-22-8-3-17(24-20)14-5-10-28-11-6-14/h2-3,7-8,12,14,16H,4-6,9-11,13H2,1H3,(H,23,26). The van der Waals surface area contributed by atoms with E-state index in [1.54, 1.807) is 18.3 Å². The second-order valence-electron chi connectivity index (χ2n) is 7.16. The largest absolute Gasteiger partial charge is 0.481 e. The molecule has 1 N–H and O–H groups in total. The molecular weight excluding hydrogens is 358 g/mol. The number of amides is 1. The van der Waals surface area contributed by atoms with Crippen LogP contribution in [0.15, 0.2) is 30.6 Å². The van der Waals surface area contributed by atoms with Crippen LogP contribution in [0.1, 0.15) is 41.2 Å². The van der Waals surface area contributed by atoms with E-state index in [2.05, 4.69) is 20.2 Å². The van der Waals surface area contributed by atoms with Crippen LogP contribution < -0.4 is 15.0 Å². The van der Waals surface area contributed by atoms with Crippen LogP contribution in [0.4, 0.5) is 5.95 Å². The van der Waals surface area contributed by atoms with Crippen molar-refractivity contribution >= 4 is 11.9 Å². The molecule has 2 aliphatic rings.